The SMILES string of the molecule is CC1CCC(n2c(SCC(=O)O)nc3cccnc32)CC1. The Kier molecular flexibility index (Phi) is 4.14. The molecular weight excluding hydrogens is 286 g/mol. The van der Waals surface area contributed by atoms with Gasteiger partial charge in [0.2, 0.25) is 0 Å². The van der Waals surface area contributed by atoms with Crippen LogP contribution < -0.4 is 0 Å². The molecular formula is C15H19N3O2S. The van der Waals surface area contributed by atoms with Crippen molar-refractivity contribution in [1.82, 2.24) is 14.5 Å². The Hall–Kier alpha value is -1.56. The summed E-state index contributed by atoms with van der Waals surface area (Å²) >= 11 is 1.29. The number of nitrogens with zero attached hydrogens (tertiary/aromatic N) is 3. The van der Waals surface area contributed by atoms with Gasteiger partial charge >= 0.3 is 5.97 Å². The Balaban J connectivity index is 1.96. The number of hydrogen-bond donors (Lipinski definition) is 1. The molecule has 0 saturated heterocycles. The summed E-state index contributed by atoms with van der Waals surface area (Å²) in [7, 11) is 0. The molecule has 0 atom stereocenters. The summed E-state index contributed by atoms with van der Waals surface area (Å²) < 4.78 is 2.16. The van der Waals surface area contributed by atoms with Crippen LogP contribution in [0.1, 0.15) is 38.6 Å². The van der Waals surface area contributed by atoms with Crippen molar-refractivity contribution in [3.8, 4) is 0 Å². The van der Waals surface area contributed by atoms with E-state index in [4.69, 9.17) is 5.11 Å². The van der Waals surface area contributed by atoms with Gasteiger partial charge in [-0.05, 0) is 43.7 Å². The number of carboxylic acid groups (broad SMARTS) is 1. The number of aromatic nitrogens is 3. The van der Waals surface area contributed by atoms with E-state index in [0.717, 1.165) is 35.1 Å². The second-order valence-corrected chi connectivity index (χ2v) is 6.65. The molecule has 112 valence electrons. The van der Waals surface area contributed by atoms with Crippen molar-refractivity contribution in [1.29, 1.82) is 0 Å². The largest absolute Gasteiger partial charge is 0.481 e. The van der Waals surface area contributed by atoms with Crippen molar-refractivity contribution in [2.45, 2.75) is 43.8 Å². The number of fused-ring (bicyclic) bond motifs is 1. The normalized spacial score (nSPS) is 22.5. The van der Waals surface area contributed by atoms with Crippen molar-refractivity contribution in [2.75, 3.05) is 5.75 Å². The lowest BCUT2D eigenvalue weighted by atomic mass is 9.87. The zero-order valence-electron chi connectivity index (χ0n) is 12.0. The number of rotatable bonds is 4. The topological polar surface area (TPSA) is 68.0 Å². The van der Waals surface area contributed by atoms with Gasteiger partial charge in [0.15, 0.2) is 10.8 Å². The average molecular weight is 305 g/mol. The zero-order valence-corrected chi connectivity index (χ0v) is 12.8. The summed E-state index contributed by atoms with van der Waals surface area (Å²) in [5, 5.41) is 9.70. The molecule has 0 aliphatic heterocycles. The number of carboxylic acids is 1. The van der Waals surface area contributed by atoms with Gasteiger partial charge in [-0.2, -0.15) is 0 Å². The van der Waals surface area contributed by atoms with Gasteiger partial charge in [0.1, 0.15) is 5.52 Å². The molecule has 1 saturated carbocycles. The molecule has 0 amide bonds. The van der Waals surface area contributed by atoms with Crippen LogP contribution in [0.3, 0.4) is 0 Å². The maximum Gasteiger partial charge on any atom is 0.313 e. The highest BCUT2D eigenvalue weighted by Gasteiger charge is 2.25. The molecule has 3 rings (SSSR count). The lowest BCUT2D eigenvalue weighted by Gasteiger charge is -2.28. The number of pyridine rings is 1. The van der Waals surface area contributed by atoms with E-state index in [-0.39, 0.29) is 5.75 Å². The second-order valence-electron chi connectivity index (χ2n) is 5.71. The molecule has 0 bridgehead atoms. The average Bonchev–Trinajstić information content (AvgIpc) is 2.84. The summed E-state index contributed by atoms with van der Waals surface area (Å²) in [5.74, 6) is -0.00476. The second kappa shape index (κ2) is 6.05. The van der Waals surface area contributed by atoms with Crippen LogP contribution in [0, 0.1) is 5.92 Å². The minimum Gasteiger partial charge on any atom is -0.481 e. The first-order valence-corrected chi connectivity index (χ1v) is 8.31. The minimum atomic E-state index is -0.816. The fourth-order valence-corrected chi connectivity index (χ4v) is 3.76. The molecule has 21 heavy (non-hydrogen) atoms. The van der Waals surface area contributed by atoms with E-state index < -0.39 is 5.97 Å². The summed E-state index contributed by atoms with van der Waals surface area (Å²) in [6.45, 7) is 2.29. The van der Waals surface area contributed by atoms with Gasteiger partial charge in [-0.1, -0.05) is 18.7 Å². The molecule has 0 radical (unpaired) electrons. The summed E-state index contributed by atoms with van der Waals surface area (Å²) in [4.78, 5) is 19.9. The Bertz CT molecular complexity index is 647. The third-order valence-corrected chi connectivity index (χ3v) is 5.03. The maximum absolute atomic E-state index is 10.8. The Morgan fingerprint density at radius 3 is 2.90 bits per heavy atom. The van der Waals surface area contributed by atoms with E-state index in [9.17, 15) is 4.79 Å². The number of aliphatic carboxylic acids is 1. The number of imidazole rings is 1. The molecule has 2 aromatic rings. The van der Waals surface area contributed by atoms with Crippen LogP contribution in [0.25, 0.3) is 11.2 Å². The fourth-order valence-electron chi connectivity index (χ4n) is 2.97. The molecule has 5 nitrogen and oxygen atoms in total. The molecule has 2 heterocycles. The monoisotopic (exact) mass is 305 g/mol. The van der Waals surface area contributed by atoms with Gasteiger partial charge in [-0.25, -0.2) is 9.97 Å². The lowest BCUT2D eigenvalue weighted by Crippen LogP contribution is -2.18. The Morgan fingerprint density at radius 1 is 1.43 bits per heavy atom. The predicted octanol–water partition coefficient (Wildman–Crippen LogP) is 3.36. The summed E-state index contributed by atoms with van der Waals surface area (Å²) in [5.41, 5.74) is 1.73. The molecule has 6 heteroatoms. The van der Waals surface area contributed by atoms with Gasteiger partial charge in [-0.3, -0.25) is 4.79 Å². The summed E-state index contributed by atoms with van der Waals surface area (Å²) in [6.07, 6.45) is 6.42. The van der Waals surface area contributed by atoms with Crippen molar-refractivity contribution >= 4 is 28.9 Å². The number of carbonyl (C=O) groups is 1. The quantitative estimate of drug-likeness (QED) is 0.877. The van der Waals surface area contributed by atoms with E-state index in [1.807, 2.05) is 12.1 Å². The standard InChI is InChI=1S/C15H19N3O2S/c1-10-4-6-11(7-5-10)18-14-12(3-2-8-16-14)17-15(18)21-9-13(19)20/h2-3,8,10-11H,4-7,9H2,1H3,(H,19,20). The van der Waals surface area contributed by atoms with Crippen LogP contribution in [-0.2, 0) is 4.79 Å². The highest BCUT2D eigenvalue weighted by molar-refractivity contribution is 7.99. The molecule has 1 aliphatic rings. The van der Waals surface area contributed by atoms with Crippen molar-refractivity contribution in [3.63, 3.8) is 0 Å². The molecule has 2 aromatic heterocycles. The van der Waals surface area contributed by atoms with Crippen LogP contribution in [-0.4, -0.2) is 31.4 Å². The maximum atomic E-state index is 10.8. The number of thioether (sulfide) groups is 1. The van der Waals surface area contributed by atoms with Gasteiger partial charge in [0, 0.05) is 12.2 Å². The van der Waals surface area contributed by atoms with Crippen LogP contribution in [0.4, 0.5) is 0 Å². The predicted molar refractivity (Wildman–Crippen MR) is 82.6 cm³/mol. The highest BCUT2D eigenvalue weighted by atomic mass is 32.2. The van der Waals surface area contributed by atoms with E-state index in [1.165, 1.54) is 24.6 Å². The van der Waals surface area contributed by atoms with Crippen molar-refractivity contribution in [2.24, 2.45) is 5.92 Å². The van der Waals surface area contributed by atoms with Crippen LogP contribution >= 0.6 is 11.8 Å². The van der Waals surface area contributed by atoms with Gasteiger partial charge in [0.05, 0.1) is 5.75 Å². The van der Waals surface area contributed by atoms with E-state index in [1.54, 1.807) is 6.20 Å². The van der Waals surface area contributed by atoms with E-state index >= 15 is 0 Å². The molecule has 1 fully saturated rings. The van der Waals surface area contributed by atoms with E-state index in [2.05, 4.69) is 21.5 Å². The van der Waals surface area contributed by atoms with Gasteiger partial charge in [-0.15, -0.1) is 0 Å². The van der Waals surface area contributed by atoms with Gasteiger partial charge < -0.3 is 9.67 Å². The first-order valence-electron chi connectivity index (χ1n) is 7.32. The third kappa shape index (κ3) is 3.05. The smallest absolute Gasteiger partial charge is 0.313 e. The first-order chi connectivity index (χ1) is 10.1. The molecule has 1 N–H and O–H groups in total. The molecule has 0 spiro atoms. The zero-order chi connectivity index (χ0) is 14.8. The lowest BCUT2D eigenvalue weighted by molar-refractivity contribution is -0.133. The van der Waals surface area contributed by atoms with E-state index in [0.29, 0.717) is 6.04 Å². The molecule has 0 aromatic carbocycles. The minimum absolute atomic E-state index is 0.0342. The number of hydrogen-bond acceptors (Lipinski definition) is 4. The summed E-state index contributed by atoms with van der Waals surface area (Å²) in [6, 6.07) is 4.20. The van der Waals surface area contributed by atoms with Crippen LogP contribution in [0.15, 0.2) is 23.5 Å². The van der Waals surface area contributed by atoms with Crippen molar-refractivity contribution in [3.05, 3.63) is 18.3 Å². The molecule has 0 unspecified atom stereocenters. The Morgan fingerprint density at radius 2 is 2.19 bits per heavy atom. The first kappa shape index (κ1) is 14.4. The molecule has 1 aliphatic carbocycles. The van der Waals surface area contributed by atoms with Crippen molar-refractivity contribution < 1.29 is 9.90 Å². The third-order valence-electron chi connectivity index (χ3n) is 4.09. The van der Waals surface area contributed by atoms with Gasteiger partial charge in [0.25, 0.3) is 0 Å². The fraction of sp³-hybridized carbons (Fsp3) is 0.533. The van der Waals surface area contributed by atoms with Crippen LogP contribution in [0.2, 0.25) is 0 Å². The van der Waals surface area contributed by atoms with Crippen LogP contribution in [0.5, 0.6) is 0 Å². The highest BCUT2D eigenvalue weighted by Crippen LogP contribution is 2.36. The Labute approximate surface area is 127 Å².